The van der Waals surface area contributed by atoms with E-state index in [2.05, 4.69) is 15.1 Å². The van der Waals surface area contributed by atoms with E-state index in [0.717, 1.165) is 28.4 Å². The van der Waals surface area contributed by atoms with Gasteiger partial charge < -0.3 is 23.9 Å². The summed E-state index contributed by atoms with van der Waals surface area (Å²) in [7, 11) is 1.64. The molecule has 0 radical (unpaired) electrons. The van der Waals surface area contributed by atoms with Crippen molar-refractivity contribution in [2.45, 2.75) is 6.54 Å². The lowest BCUT2D eigenvalue weighted by atomic mass is 10.1. The summed E-state index contributed by atoms with van der Waals surface area (Å²) in [5.74, 6) is 1.38. The predicted octanol–water partition coefficient (Wildman–Crippen LogP) is 3.74. The van der Waals surface area contributed by atoms with E-state index < -0.39 is 0 Å². The Labute approximate surface area is 221 Å². The van der Waals surface area contributed by atoms with Crippen molar-refractivity contribution in [2.24, 2.45) is 0 Å². The molecular weight excluding hydrogens is 482 g/mol. The van der Waals surface area contributed by atoms with E-state index in [1.165, 1.54) is 11.2 Å². The first kappa shape index (κ1) is 25.0. The van der Waals surface area contributed by atoms with Crippen molar-refractivity contribution in [3.05, 3.63) is 96.4 Å². The van der Waals surface area contributed by atoms with Crippen molar-refractivity contribution >= 4 is 17.6 Å². The lowest BCUT2D eigenvalue weighted by molar-refractivity contribution is -0.132. The molecule has 9 heteroatoms. The third-order valence-corrected chi connectivity index (χ3v) is 6.55. The maximum atomic E-state index is 13.2. The minimum Gasteiger partial charge on any atom is -0.497 e. The van der Waals surface area contributed by atoms with Gasteiger partial charge in [-0.2, -0.15) is 0 Å². The summed E-state index contributed by atoms with van der Waals surface area (Å²) >= 11 is 0. The number of piperazine rings is 1. The highest BCUT2D eigenvalue weighted by Crippen LogP contribution is 2.22. The Morgan fingerprint density at radius 2 is 1.66 bits per heavy atom. The molecular formula is C29H29N5O4. The van der Waals surface area contributed by atoms with E-state index in [0.29, 0.717) is 32.7 Å². The van der Waals surface area contributed by atoms with Gasteiger partial charge in [0.15, 0.2) is 11.6 Å². The van der Waals surface area contributed by atoms with Crippen LogP contribution in [0, 0.1) is 0 Å². The molecule has 2 aromatic heterocycles. The van der Waals surface area contributed by atoms with Crippen molar-refractivity contribution in [1.29, 1.82) is 0 Å². The monoisotopic (exact) mass is 511 g/mol. The molecule has 5 rings (SSSR count). The van der Waals surface area contributed by atoms with E-state index in [1.54, 1.807) is 24.1 Å². The second-order valence-electron chi connectivity index (χ2n) is 9.00. The van der Waals surface area contributed by atoms with Crippen molar-refractivity contribution in [2.75, 3.05) is 44.7 Å². The van der Waals surface area contributed by atoms with Gasteiger partial charge in [-0.1, -0.05) is 30.3 Å². The molecule has 1 aliphatic heterocycles. The van der Waals surface area contributed by atoms with Crippen LogP contribution in [0.5, 0.6) is 5.75 Å². The Kier molecular flexibility index (Phi) is 7.63. The first-order valence-corrected chi connectivity index (χ1v) is 12.5. The van der Waals surface area contributed by atoms with Gasteiger partial charge in [-0.05, 0) is 54.1 Å². The lowest BCUT2D eigenvalue weighted by Gasteiger charge is -2.36. The number of ether oxygens (including phenoxy) is 1. The number of carbonyl (C=O) groups excluding carboxylic acids is 2. The number of carbonyl (C=O) groups is 2. The van der Waals surface area contributed by atoms with Gasteiger partial charge in [0.1, 0.15) is 12.3 Å². The van der Waals surface area contributed by atoms with Gasteiger partial charge in [0.05, 0.1) is 19.1 Å². The van der Waals surface area contributed by atoms with Crippen LogP contribution in [0.3, 0.4) is 0 Å². The summed E-state index contributed by atoms with van der Waals surface area (Å²) in [5, 5.41) is 8.81. The number of benzene rings is 2. The number of hydrogen-bond donors (Lipinski definition) is 0. The largest absolute Gasteiger partial charge is 0.497 e. The van der Waals surface area contributed by atoms with Crippen LogP contribution < -0.4 is 9.64 Å². The molecule has 9 nitrogen and oxygen atoms in total. The molecule has 0 N–H and O–H groups in total. The standard InChI is InChI=1S/C29H29N5O4/c1-37-24-11-9-23(10-12-24)25-13-14-27(31-30-25)32-15-17-33(18-16-32)28(35)21-34(20-22-6-3-2-4-7-22)29(36)26-8-5-19-38-26/h2-14,19H,15-18,20-21H2,1H3. The van der Waals surface area contributed by atoms with Crippen molar-refractivity contribution < 1.29 is 18.7 Å². The quantitative estimate of drug-likeness (QED) is 0.356. The van der Waals surface area contributed by atoms with Crippen LogP contribution in [0.15, 0.2) is 89.5 Å². The van der Waals surface area contributed by atoms with E-state index in [1.807, 2.05) is 66.7 Å². The zero-order valence-electron chi connectivity index (χ0n) is 21.2. The number of amides is 2. The molecule has 0 aliphatic carbocycles. The van der Waals surface area contributed by atoms with Crippen molar-refractivity contribution in [3.63, 3.8) is 0 Å². The molecule has 0 unspecified atom stereocenters. The second-order valence-corrected chi connectivity index (χ2v) is 9.00. The lowest BCUT2D eigenvalue weighted by Crippen LogP contribution is -2.52. The van der Waals surface area contributed by atoms with Crippen LogP contribution in [-0.2, 0) is 11.3 Å². The Morgan fingerprint density at radius 1 is 0.895 bits per heavy atom. The van der Waals surface area contributed by atoms with E-state index >= 15 is 0 Å². The minimum absolute atomic E-state index is 0.0230. The molecule has 0 saturated carbocycles. The molecule has 4 aromatic rings. The molecule has 1 saturated heterocycles. The van der Waals surface area contributed by atoms with Gasteiger partial charge in [-0.3, -0.25) is 9.59 Å². The Bertz CT molecular complexity index is 1330. The summed E-state index contributed by atoms with van der Waals surface area (Å²) in [6, 6.07) is 24.5. The molecule has 38 heavy (non-hydrogen) atoms. The average molecular weight is 512 g/mol. The Morgan fingerprint density at radius 3 is 2.29 bits per heavy atom. The van der Waals surface area contributed by atoms with Gasteiger partial charge in [0, 0.05) is 38.3 Å². The van der Waals surface area contributed by atoms with Crippen molar-refractivity contribution in [3.8, 4) is 17.0 Å². The summed E-state index contributed by atoms with van der Waals surface area (Å²) < 4.78 is 10.5. The smallest absolute Gasteiger partial charge is 0.290 e. The fourth-order valence-electron chi connectivity index (χ4n) is 4.42. The van der Waals surface area contributed by atoms with Crippen LogP contribution in [0.1, 0.15) is 16.1 Å². The maximum absolute atomic E-state index is 13.2. The van der Waals surface area contributed by atoms with E-state index in [4.69, 9.17) is 9.15 Å². The second kappa shape index (κ2) is 11.6. The predicted molar refractivity (Wildman–Crippen MR) is 143 cm³/mol. The summed E-state index contributed by atoms with van der Waals surface area (Å²) in [6.45, 7) is 2.64. The van der Waals surface area contributed by atoms with Gasteiger partial charge >= 0.3 is 0 Å². The number of rotatable bonds is 8. The summed E-state index contributed by atoms with van der Waals surface area (Å²) in [5.41, 5.74) is 2.69. The first-order chi connectivity index (χ1) is 18.6. The third-order valence-electron chi connectivity index (χ3n) is 6.55. The Balaban J connectivity index is 1.19. The molecule has 194 valence electrons. The average Bonchev–Trinajstić information content (AvgIpc) is 3.52. The SMILES string of the molecule is COc1ccc(-c2ccc(N3CCN(C(=O)CN(Cc4ccccc4)C(=O)c4ccco4)CC3)nn2)cc1. The normalized spacial score (nSPS) is 13.3. The van der Waals surface area contributed by atoms with Crippen LogP contribution in [0.25, 0.3) is 11.3 Å². The molecule has 0 atom stereocenters. The molecule has 1 aliphatic rings. The highest BCUT2D eigenvalue weighted by molar-refractivity contribution is 5.94. The minimum atomic E-state index is -0.307. The molecule has 0 spiro atoms. The first-order valence-electron chi connectivity index (χ1n) is 12.5. The van der Waals surface area contributed by atoms with Gasteiger partial charge in [-0.15, -0.1) is 10.2 Å². The molecule has 1 fully saturated rings. The van der Waals surface area contributed by atoms with Gasteiger partial charge in [-0.25, -0.2) is 0 Å². The summed E-state index contributed by atoms with van der Waals surface area (Å²) in [4.78, 5) is 31.7. The number of hydrogen-bond acceptors (Lipinski definition) is 7. The van der Waals surface area contributed by atoms with Crippen molar-refractivity contribution in [1.82, 2.24) is 20.0 Å². The molecule has 2 amide bonds. The summed E-state index contributed by atoms with van der Waals surface area (Å²) in [6.07, 6.45) is 1.46. The van der Waals surface area contributed by atoms with Crippen LogP contribution in [0.4, 0.5) is 5.82 Å². The third kappa shape index (κ3) is 5.83. The molecule has 0 bridgehead atoms. The Hall–Kier alpha value is -4.66. The van der Waals surface area contributed by atoms with E-state index in [9.17, 15) is 9.59 Å². The van der Waals surface area contributed by atoms with Crippen LogP contribution in [0.2, 0.25) is 0 Å². The molecule has 3 heterocycles. The highest BCUT2D eigenvalue weighted by Gasteiger charge is 2.27. The zero-order chi connectivity index (χ0) is 26.3. The van der Waals surface area contributed by atoms with Gasteiger partial charge in [0.25, 0.3) is 5.91 Å². The number of aromatic nitrogens is 2. The highest BCUT2D eigenvalue weighted by atomic mass is 16.5. The van der Waals surface area contributed by atoms with Crippen LogP contribution >= 0.6 is 0 Å². The maximum Gasteiger partial charge on any atom is 0.290 e. The fraction of sp³-hybridized carbons (Fsp3) is 0.241. The number of nitrogens with zero attached hydrogens (tertiary/aromatic N) is 5. The number of furan rings is 1. The zero-order valence-corrected chi connectivity index (χ0v) is 21.2. The van der Waals surface area contributed by atoms with Gasteiger partial charge in [0.2, 0.25) is 5.91 Å². The topological polar surface area (TPSA) is 92.0 Å². The number of methoxy groups -OCH3 is 1. The van der Waals surface area contributed by atoms with E-state index in [-0.39, 0.29) is 24.1 Å². The number of anilines is 1. The fourth-order valence-corrected chi connectivity index (χ4v) is 4.42. The van der Waals surface area contributed by atoms with Crippen LogP contribution in [-0.4, -0.2) is 71.6 Å². The molecule has 2 aromatic carbocycles.